The van der Waals surface area contributed by atoms with Crippen molar-refractivity contribution in [3.63, 3.8) is 0 Å². The van der Waals surface area contributed by atoms with Gasteiger partial charge in [-0.3, -0.25) is 4.79 Å². The SMILES string of the molecule is CC(CCc1ccco1)N(C)C(=O)c1ccn(C(F)F)n1. The Bertz CT molecular complexity index is 581. The molecule has 114 valence electrons. The average Bonchev–Trinajstić information content (AvgIpc) is 3.13. The number of aromatic nitrogens is 2. The van der Waals surface area contributed by atoms with Gasteiger partial charge in [-0.2, -0.15) is 13.9 Å². The molecule has 7 heteroatoms. The van der Waals surface area contributed by atoms with Gasteiger partial charge in [-0.1, -0.05) is 0 Å². The van der Waals surface area contributed by atoms with E-state index in [-0.39, 0.29) is 17.6 Å². The Morgan fingerprint density at radius 3 is 2.81 bits per heavy atom. The molecule has 2 aromatic rings. The van der Waals surface area contributed by atoms with Crippen LogP contribution in [0.1, 0.15) is 36.1 Å². The summed E-state index contributed by atoms with van der Waals surface area (Å²) in [5.41, 5.74) is 0.0163. The van der Waals surface area contributed by atoms with E-state index in [1.165, 1.54) is 11.0 Å². The highest BCUT2D eigenvalue weighted by Crippen LogP contribution is 2.13. The fourth-order valence-electron chi connectivity index (χ4n) is 1.94. The molecule has 2 rings (SSSR count). The summed E-state index contributed by atoms with van der Waals surface area (Å²) in [7, 11) is 1.64. The number of carbonyl (C=O) groups is 1. The van der Waals surface area contributed by atoms with Gasteiger partial charge in [0.15, 0.2) is 5.69 Å². The van der Waals surface area contributed by atoms with Crippen LogP contribution in [0.15, 0.2) is 35.1 Å². The summed E-state index contributed by atoms with van der Waals surface area (Å²) in [6.45, 7) is -0.849. The minimum absolute atomic E-state index is 0.0163. The first-order valence-electron chi connectivity index (χ1n) is 6.62. The van der Waals surface area contributed by atoms with Crippen LogP contribution >= 0.6 is 0 Å². The van der Waals surface area contributed by atoms with Crippen molar-refractivity contribution < 1.29 is 18.0 Å². The van der Waals surface area contributed by atoms with Crippen molar-refractivity contribution in [2.75, 3.05) is 7.05 Å². The van der Waals surface area contributed by atoms with E-state index >= 15 is 0 Å². The molecule has 1 unspecified atom stereocenters. The molecule has 0 aliphatic heterocycles. The quantitative estimate of drug-likeness (QED) is 0.823. The maximum absolute atomic E-state index is 12.4. The second-order valence-electron chi connectivity index (χ2n) is 4.84. The number of hydrogen-bond acceptors (Lipinski definition) is 3. The normalized spacial score (nSPS) is 12.6. The number of aryl methyl sites for hydroxylation is 1. The van der Waals surface area contributed by atoms with Crippen LogP contribution in [0, 0.1) is 0 Å². The maximum atomic E-state index is 12.4. The van der Waals surface area contributed by atoms with Gasteiger partial charge in [0.2, 0.25) is 0 Å². The number of nitrogens with zero attached hydrogens (tertiary/aromatic N) is 3. The van der Waals surface area contributed by atoms with Crippen LogP contribution in [0.25, 0.3) is 0 Å². The van der Waals surface area contributed by atoms with Crippen LogP contribution in [0.3, 0.4) is 0 Å². The van der Waals surface area contributed by atoms with Crippen molar-refractivity contribution in [2.45, 2.75) is 32.4 Å². The van der Waals surface area contributed by atoms with Crippen molar-refractivity contribution in [1.82, 2.24) is 14.7 Å². The molecule has 5 nitrogen and oxygen atoms in total. The molecule has 0 spiro atoms. The molecular formula is C14H17F2N3O2. The van der Waals surface area contributed by atoms with Gasteiger partial charge in [0.1, 0.15) is 5.76 Å². The van der Waals surface area contributed by atoms with Gasteiger partial charge in [0.25, 0.3) is 5.91 Å². The highest BCUT2D eigenvalue weighted by Gasteiger charge is 2.21. The number of carbonyl (C=O) groups excluding carboxylic acids is 1. The van der Waals surface area contributed by atoms with Crippen LogP contribution in [0.4, 0.5) is 8.78 Å². The third-order valence-electron chi connectivity index (χ3n) is 3.40. The monoisotopic (exact) mass is 297 g/mol. The highest BCUT2D eigenvalue weighted by molar-refractivity contribution is 5.92. The van der Waals surface area contributed by atoms with Gasteiger partial charge in [-0.05, 0) is 31.5 Å². The smallest absolute Gasteiger partial charge is 0.333 e. The molecule has 0 N–H and O–H groups in total. The zero-order chi connectivity index (χ0) is 15.4. The predicted molar refractivity (Wildman–Crippen MR) is 72.1 cm³/mol. The first-order valence-corrected chi connectivity index (χ1v) is 6.62. The standard InChI is InChI=1S/C14H17F2N3O2/c1-10(5-6-11-4-3-9-21-11)18(2)13(20)12-7-8-19(17-12)14(15)16/h3-4,7-10,14H,5-6H2,1-2H3. The molecule has 0 aliphatic carbocycles. The van der Waals surface area contributed by atoms with E-state index in [0.29, 0.717) is 17.5 Å². The average molecular weight is 297 g/mol. The fraction of sp³-hybridized carbons (Fsp3) is 0.429. The summed E-state index contributed by atoms with van der Waals surface area (Å²) in [6.07, 6.45) is 4.12. The number of hydrogen-bond donors (Lipinski definition) is 0. The molecule has 0 aliphatic rings. The fourth-order valence-corrected chi connectivity index (χ4v) is 1.94. The number of furan rings is 1. The van der Waals surface area contributed by atoms with Crippen LogP contribution < -0.4 is 0 Å². The Kier molecular flexibility index (Phi) is 4.72. The summed E-state index contributed by atoms with van der Waals surface area (Å²) in [4.78, 5) is 13.7. The van der Waals surface area contributed by atoms with Gasteiger partial charge in [0.05, 0.1) is 6.26 Å². The second kappa shape index (κ2) is 6.51. The van der Waals surface area contributed by atoms with Gasteiger partial charge in [-0.15, -0.1) is 0 Å². The Hall–Kier alpha value is -2.18. The van der Waals surface area contributed by atoms with Crippen LogP contribution in [0.5, 0.6) is 0 Å². The highest BCUT2D eigenvalue weighted by atomic mass is 19.3. The molecule has 0 aromatic carbocycles. The third kappa shape index (κ3) is 3.68. The molecule has 0 saturated carbocycles. The van der Waals surface area contributed by atoms with Gasteiger partial charge in [-0.25, -0.2) is 4.68 Å². The van der Waals surface area contributed by atoms with Gasteiger partial charge < -0.3 is 9.32 Å². The lowest BCUT2D eigenvalue weighted by Gasteiger charge is -2.23. The minimum atomic E-state index is -2.74. The molecule has 1 amide bonds. The van der Waals surface area contributed by atoms with E-state index in [0.717, 1.165) is 12.0 Å². The number of amides is 1. The molecule has 1 atom stereocenters. The lowest BCUT2D eigenvalue weighted by atomic mass is 10.1. The van der Waals surface area contributed by atoms with Crippen molar-refractivity contribution >= 4 is 5.91 Å². The van der Waals surface area contributed by atoms with Crippen molar-refractivity contribution in [1.29, 1.82) is 0 Å². The maximum Gasteiger partial charge on any atom is 0.333 e. The first kappa shape index (κ1) is 15.2. The van der Waals surface area contributed by atoms with E-state index in [1.807, 2.05) is 19.1 Å². The van der Waals surface area contributed by atoms with E-state index in [4.69, 9.17) is 4.42 Å². The van der Waals surface area contributed by atoms with Gasteiger partial charge >= 0.3 is 6.55 Å². The van der Waals surface area contributed by atoms with E-state index in [9.17, 15) is 13.6 Å². The summed E-state index contributed by atoms with van der Waals surface area (Å²) >= 11 is 0. The summed E-state index contributed by atoms with van der Waals surface area (Å²) in [5, 5.41) is 3.58. The van der Waals surface area contributed by atoms with Crippen molar-refractivity contribution in [3.8, 4) is 0 Å². The van der Waals surface area contributed by atoms with Crippen molar-refractivity contribution in [2.24, 2.45) is 0 Å². The molecule has 0 fully saturated rings. The van der Waals surface area contributed by atoms with Gasteiger partial charge in [0, 0.05) is 25.7 Å². The zero-order valence-electron chi connectivity index (χ0n) is 11.9. The van der Waals surface area contributed by atoms with Crippen LogP contribution in [0.2, 0.25) is 0 Å². The molecule has 2 aromatic heterocycles. The number of alkyl halides is 2. The Balaban J connectivity index is 1.94. The minimum Gasteiger partial charge on any atom is -0.469 e. The lowest BCUT2D eigenvalue weighted by Crippen LogP contribution is -2.35. The largest absolute Gasteiger partial charge is 0.469 e. The lowest BCUT2D eigenvalue weighted by molar-refractivity contribution is 0.0550. The Morgan fingerprint density at radius 1 is 1.48 bits per heavy atom. The summed E-state index contributed by atoms with van der Waals surface area (Å²) in [5.74, 6) is 0.478. The molecule has 0 saturated heterocycles. The zero-order valence-corrected chi connectivity index (χ0v) is 11.9. The number of halogens is 2. The Morgan fingerprint density at radius 2 is 2.24 bits per heavy atom. The predicted octanol–water partition coefficient (Wildman–Crippen LogP) is 2.96. The molecular weight excluding hydrogens is 280 g/mol. The molecule has 0 bridgehead atoms. The third-order valence-corrected chi connectivity index (χ3v) is 3.40. The van der Waals surface area contributed by atoms with Crippen LogP contribution in [-0.4, -0.2) is 33.7 Å². The summed E-state index contributed by atoms with van der Waals surface area (Å²) in [6, 6.07) is 4.92. The van der Waals surface area contributed by atoms with E-state index < -0.39 is 6.55 Å². The molecule has 2 heterocycles. The van der Waals surface area contributed by atoms with Crippen molar-refractivity contribution in [3.05, 3.63) is 42.1 Å². The topological polar surface area (TPSA) is 51.3 Å². The first-order chi connectivity index (χ1) is 9.99. The summed E-state index contributed by atoms with van der Waals surface area (Å²) < 4.78 is 30.6. The second-order valence-corrected chi connectivity index (χ2v) is 4.84. The van der Waals surface area contributed by atoms with E-state index in [1.54, 1.807) is 13.3 Å². The van der Waals surface area contributed by atoms with E-state index in [2.05, 4.69) is 5.10 Å². The molecule has 0 radical (unpaired) electrons. The molecule has 21 heavy (non-hydrogen) atoms. The van der Waals surface area contributed by atoms with Crippen LogP contribution in [-0.2, 0) is 6.42 Å². The Labute approximate surface area is 121 Å². The number of rotatable bonds is 6.